The van der Waals surface area contributed by atoms with Crippen LogP contribution in [0.1, 0.15) is 43.1 Å². The Balaban J connectivity index is 2.23. The summed E-state index contributed by atoms with van der Waals surface area (Å²) in [6.45, 7) is 6.20. The molecule has 18 heavy (non-hydrogen) atoms. The maximum absolute atomic E-state index is 12.4. The maximum atomic E-state index is 12.4. The summed E-state index contributed by atoms with van der Waals surface area (Å²) in [5.41, 5.74) is 1.51. The predicted molar refractivity (Wildman–Crippen MR) is 70.6 cm³/mol. The normalized spacial score (nSPS) is 18.2. The van der Waals surface area contributed by atoms with Crippen LogP contribution < -0.4 is 0 Å². The molecule has 1 amide bonds. The molecule has 1 aliphatic rings. The highest BCUT2D eigenvalue weighted by molar-refractivity contribution is 5.99. The van der Waals surface area contributed by atoms with Crippen molar-refractivity contribution in [3.8, 4) is 0 Å². The summed E-state index contributed by atoms with van der Waals surface area (Å²) in [6.07, 6.45) is 1.41. The van der Waals surface area contributed by atoms with Crippen molar-refractivity contribution in [3.63, 3.8) is 0 Å². The van der Waals surface area contributed by atoms with Gasteiger partial charge in [0, 0.05) is 17.5 Å². The highest BCUT2D eigenvalue weighted by Crippen LogP contribution is 2.27. The summed E-state index contributed by atoms with van der Waals surface area (Å²) in [5, 5.41) is 0. The number of aryl methyl sites for hydroxylation is 1. The summed E-state index contributed by atoms with van der Waals surface area (Å²) >= 11 is 0. The smallest absolute Gasteiger partial charge is 0.254 e. The first-order valence-electron chi connectivity index (χ1n) is 6.36. The van der Waals surface area contributed by atoms with Gasteiger partial charge < -0.3 is 4.90 Å². The van der Waals surface area contributed by atoms with Gasteiger partial charge in [-0.2, -0.15) is 0 Å². The van der Waals surface area contributed by atoms with Crippen LogP contribution in [0.15, 0.2) is 24.3 Å². The Labute approximate surface area is 108 Å². The minimum Gasteiger partial charge on any atom is -0.326 e. The Morgan fingerprint density at radius 3 is 2.33 bits per heavy atom. The van der Waals surface area contributed by atoms with Crippen LogP contribution >= 0.6 is 0 Å². The molecule has 0 spiro atoms. The average Bonchev–Trinajstić information content (AvgIpc) is 2.61. The van der Waals surface area contributed by atoms with E-state index in [0.717, 1.165) is 6.42 Å². The second kappa shape index (κ2) is 4.56. The molecule has 0 unspecified atom stereocenters. The molecular formula is C15H19NO2. The van der Waals surface area contributed by atoms with Gasteiger partial charge in [-0.25, -0.2) is 0 Å². The number of hydrogen-bond donors (Lipinski definition) is 0. The molecule has 0 aromatic heterocycles. The van der Waals surface area contributed by atoms with Crippen LogP contribution in [-0.2, 0) is 11.2 Å². The number of nitrogens with zero attached hydrogens (tertiary/aromatic N) is 1. The quantitative estimate of drug-likeness (QED) is 0.802. The van der Waals surface area contributed by atoms with Gasteiger partial charge in [-0.15, -0.1) is 0 Å². The van der Waals surface area contributed by atoms with Crippen molar-refractivity contribution in [1.29, 1.82) is 0 Å². The lowest BCUT2D eigenvalue weighted by Gasteiger charge is -2.30. The van der Waals surface area contributed by atoms with E-state index in [4.69, 9.17) is 0 Å². The fourth-order valence-electron chi connectivity index (χ4n) is 2.41. The van der Waals surface area contributed by atoms with Gasteiger partial charge in [0.15, 0.2) is 5.78 Å². The third kappa shape index (κ3) is 2.30. The zero-order chi connectivity index (χ0) is 13.3. The molecule has 1 aromatic carbocycles. The number of benzene rings is 1. The molecule has 3 nitrogen and oxygen atoms in total. The van der Waals surface area contributed by atoms with E-state index in [9.17, 15) is 9.59 Å². The third-order valence-electron chi connectivity index (χ3n) is 3.55. The zero-order valence-electron chi connectivity index (χ0n) is 11.2. The maximum Gasteiger partial charge on any atom is 0.254 e. The van der Waals surface area contributed by atoms with Crippen LogP contribution in [0.3, 0.4) is 0 Å². The van der Waals surface area contributed by atoms with Crippen molar-refractivity contribution < 1.29 is 9.59 Å². The van der Waals surface area contributed by atoms with Gasteiger partial charge >= 0.3 is 0 Å². The van der Waals surface area contributed by atoms with Crippen LogP contribution in [0.4, 0.5) is 0 Å². The first-order valence-corrected chi connectivity index (χ1v) is 6.36. The van der Waals surface area contributed by atoms with Gasteiger partial charge in [-0.1, -0.05) is 19.1 Å². The zero-order valence-corrected chi connectivity index (χ0v) is 11.2. The van der Waals surface area contributed by atoms with E-state index in [0.29, 0.717) is 12.0 Å². The first-order chi connectivity index (χ1) is 8.44. The van der Waals surface area contributed by atoms with E-state index in [2.05, 4.69) is 6.92 Å². The topological polar surface area (TPSA) is 37.4 Å². The number of Topliss-reactive ketones (excluding diaryl/α,β-unsaturated/α-hetero) is 1. The second-order valence-corrected chi connectivity index (χ2v) is 5.47. The molecule has 0 N–H and O–H groups in total. The lowest BCUT2D eigenvalue weighted by molar-refractivity contribution is -0.116. The molecule has 1 fully saturated rings. The number of likely N-dealkylation sites (tertiary alicyclic amines) is 1. The van der Waals surface area contributed by atoms with Gasteiger partial charge in [-0.3, -0.25) is 9.59 Å². The summed E-state index contributed by atoms with van der Waals surface area (Å²) in [5.74, 6) is 0.0898. The van der Waals surface area contributed by atoms with Crippen LogP contribution in [0.5, 0.6) is 0 Å². The number of hydrogen-bond acceptors (Lipinski definition) is 2. The molecular weight excluding hydrogens is 226 g/mol. The largest absolute Gasteiger partial charge is 0.326 e. The van der Waals surface area contributed by atoms with E-state index in [1.54, 1.807) is 4.90 Å². The summed E-state index contributed by atoms with van der Waals surface area (Å²) in [4.78, 5) is 25.6. The highest BCUT2D eigenvalue weighted by Gasteiger charge is 2.40. The number of carbonyl (C=O) groups excluding carboxylic acids is 2. The Morgan fingerprint density at radius 1 is 1.28 bits per heavy atom. The number of amides is 1. The number of ketones is 1. The van der Waals surface area contributed by atoms with Crippen LogP contribution in [-0.4, -0.2) is 28.7 Å². The van der Waals surface area contributed by atoms with Gasteiger partial charge in [0.1, 0.15) is 0 Å². The highest BCUT2D eigenvalue weighted by atomic mass is 16.2. The first kappa shape index (κ1) is 12.8. The van der Waals surface area contributed by atoms with Gasteiger partial charge in [-0.05, 0) is 38.0 Å². The minimum absolute atomic E-state index is 0.0477. The SMILES string of the molecule is CCc1ccc(C(=O)N2CC(=O)CC2(C)C)cc1. The summed E-state index contributed by atoms with van der Waals surface area (Å²) in [6, 6.07) is 7.64. The van der Waals surface area contributed by atoms with Gasteiger partial charge in [0.05, 0.1) is 6.54 Å². The van der Waals surface area contributed by atoms with Gasteiger partial charge in [0.25, 0.3) is 5.91 Å². The Hall–Kier alpha value is -1.64. The molecule has 0 bridgehead atoms. The van der Waals surface area contributed by atoms with Crippen LogP contribution in [0.25, 0.3) is 0 Å². The van der Waals surface area contributed by atoms with Gasteiger partial charge in [0.2, 0.25) is 0 Å². The standard InChI is InChI=1S/C15H19NO2/c1-4-11-5-7-12(8-6-11)14(18)16-10-13(17)9-15(16,2)3/h5-8H,4,9-10H2,1-3H3. The lowest BCUT2D eigenvalue weighted by Crippen LogP contribution is -2.42. The predicted octanol–water partition coefficient (Wildman–Crippen LogP) is 2.44. The van der Waals surface area contributed by atoms with Crippen LogP contribution in [0, 0.1) is 0 Å². The molecule has 1 saturated heterocycles. The molecule has 0 aliphatic carbocycles. The van der Waals surface area contributed by atoms with Crippen LogP contribution in [0.2, 0.25) is 0 Å². The summed E-state index contributed by atoms with van der Waals surface area (Å²) in [7, 11) is 0. The molecule has 1 aromatic rings. The molecule has 96 valence electrons. The third-order valence-corrected chi connectivity index (χ3v) is 3.55. The Kier molecular flexibility index (Phi) is 3.24. The van der Waals surface area contributed by atoms with E-state index in [1.807, 2.05) is 38.1 Å². The average molecular weight is 245 g/mol. The van der Waals surface area contributed by atoms with Crippen molar-refractivity contribution in [2.24, 2.45) is 0 Å². The van der Waals surface area contributed by atoms with E-state index in [1.165, 1.54) is 5.56 Å². The molecule has 2 rings (SSSR count). The van der Waals surface area contributed by atoms with Crippen molar-refractivity contribution in [3.05, 3.63) is 35.4 Å². The van der Waals surface area contributed by atoms with E-state index < -0.39 is 0 Å². The molecule has 0 saturated carbocycles. The Bertz CT molecular complexity index is 474. The molecule has 0 atom stereocenters. The molecule has 1 heterocycles. The monoisotopic (exact) mass is 245 g/mol. The number of carbonyl (C=O) groups is 2. The van der Waals surface area contributed by atoms with Crippen molar-refractivity contribution in [1.82, 2.24) is 4.90 Å². The van der Waals surface area contributed by atoms with Crippen molar-refractivity contribution in [2.75, 3.05) is 6.54 Å². The Morgan fingerprint density at radius 2 is 1.89 bits per heavy atom. The molecule has 0 radical (unpaired) electrons. The number of rotatable bonds is 2. The molecule has 3 heteroatoms. The molecule has 1 aliphatic heterocycles. The lowest BCUT2D eigenvalue weighted by atomic mass is 10.0. The fourth-order valence-corrected chi connectivity index (χ4v) is 2.41. The van der Waals surface area contributed by atoms with Crippen molar-refractivity contribution in [2.45, 2.75) is 39.2 Å². The minimum atomic E-state index is -0.363. The van der Waals surface area contributed by atoms with E-state index >= 15 is 0 Å². The fraction of sp³-hybridized carbons (Fsp3) is 0.467. The van der Waals surface area contributed by atoms with E-state index in [-0.39, 0.29) is 23.8 Å². The second-order valence-electron chi connectivity index (χ2n) is 5.47. The summed E-state index contributed by atoms with van der Waals surface area (Å²) < 4.78 is 0. The van der Waals surface area contributed by atoms with Crippen molar-refractivity contribution >= 4 is 11.7 Å².